The Bertz CT molecular complexity index is 784. The van der Waals surface area contributed by atoms with E-state index in [0.717, 1.165) is 32.4 Å². The molecule has 2 fully saturated rings. The van der Waals surface area contributed by atoms with Crippen LogP contribution < -0.4 is 5.32 Å². The Balaban J connectivity index is 1.72. The van der Waals surface area contributed by atoms with Crippen LogP contribution in [0.2, 0.25) is 5.02 Å². The Kier molecular flexibility index (Phi) is 8.35. The van der Waals surface area contributed by atoms with E-state index in [1.165, 1.54) is 0 Å². The highest BCUT2D eigenvalue weighted by Crippen LogP contribution is 2.25. The van der Waals surface area contributed by atoms with E-state index in [1.54, 1.807) is 24.3 Å². The number of hydrogen-bond acceptors (Lipinski definition) is 3. The predicted molar refractivity (Wildman–Crippen MR) is 122 cm³/mol. The Morgan fingerprint density at radius 1 is 1.00 bits per heavy atom. The lowest BCUT2D eigenvalue weighted by atomic mass is 9.87. The second-order valence-electron chi connectivity index (χ2n) is 9.13. The fraction of sp³-hybridized carbons (Fsp3) is 0.625. The molecule has 6 nitrogen and oxygen atoms in total. The van der Waals surface area contributed by atoms with E-state index in [-0.39, 0.29) is 23.6 Å². The van der Waals surface area contributed by atoms with E-state index in [0.29, 0.717) is 48.9 Å². The summed E-state index contributed by atoms with van der Waals surface area (Å²) in [4.78, 5) is 42.6. The summed E-state index contributed by atoms with van der Waals surface area (Å²) in [6.07, 6.45) is 5.09. The van der Waals surface area contributed by atoms with Crippen molar-refractivity contribution in [1.29, 1.82) is 0 Å². The minimum Gasteiger partial charge on any atom is -0.343 e. The van der Waals surface area contributed by atoms with Crippen LogP contribution in [0.3, 0.4) is 0 Å². The first-order valence-corrected chi connectivity index (χ1v) is 11.9. The lowest BCUT2D eigenvalue weighted by molar-refractivity contribution is -0.137. The first-order valence-electron chi connectivity index (χ1n) is 11.5. The lowest BCUT2D eigenvalue weighted by Crippen LogP contribution is -2.55. The maximum atomic E-state index is 13.4. The van der Waals surface area contributed by atoms with Crippen LogP contribution in [0.4, 0.5) is 0 Å². The molecule has 2 heterocycles. The third kappa shape index (κ3) is 6.22. The summed E-state index contributed by atoms with van der Waals surface area (Å²) < 4.78 is 0. The monoisotopic (exact) mass is 447 g/mol. The maximum absolute atomic E-state index is 13.4. The van der Waals surface area contributed by atoms with Crippen LogP contribution in [0.15, 0.2) is 24.3 Å². The zero-order valence-corrected chi connectivity index (χ0v) is 19.4. The van der Waals surface area contributed by atoms with Gasteiger partial charge in [-0.25, -0.2) is 0 Å². The molecule has 7 heteroatoms. The summed E-state index contributed by atoms with van der Waals surface area (Å²) in [5.41, 5.74) is 0.380. The SMILES string of the molecule is CC(C)CC(=O)N1CCC([C@H](NC(=O)c2ccccc2Cl)C(=O)N2CCCCC2)CC1. The molecule has 0 spiro atoms. The quantitative estimate of drug-likeness (QED) is 0.722. The van der Waals surface area contributed by atoms with Gasteiger partial charge in [0.1, 0.15) is 6.04 Å². The van der Waals surface area contributed by atoms with Gasteiger partial charge in [0, 0.05) is 32.6 Å². The molecule has 31 heavy (non-hydrogen) atoms. The molecule has 170 valence electrons. The van der Waals surface area contributed by atoms with Crippen molar-refractivity contribution in [2.75, 3.05) is 26.2 Å². The molecule has 3 amide bonds. The molecule has 1 atom stereocenters. The number of hydrogen-bond donors (Lipinski definition) is 1. The normalized spacial score (nSPS) is 18.7. The number of rotatable bonds is 6. The van der Waals surface area contributed by atoms with E-state index in [9.17, 15) is 14.4 Å². The number of amides is 3. The van der Waals surface area contributed by atoms with E-state index >= 15 is 0 Å². The zero-order chi connectivity index (χ0) is 22.4. The Hall–Kier alpha value is -2.08. The van der Waals surface area contributed by atoms with Crippen LogP contribution >= 0.6 is 11.6 Å². The highest BCUT2D eigenvalue weighted by atomic mass is 35.5. The molecule has 2 aliphatic rings. The number of benzene rings is 1. The fourth-order valence-electron chi connectivity index (χ4n) is 4.52. The topological polar surface area (TPSA) is 69.7 Å². The first kappa shape index (κ1) is 23.6. The average molecular weight is 448 g/mol. The summed E-state index contributed by atoms with van der Waals surface area (Å²) >= 11 is 6.21. The molecule has 0 saturated carbocycles. The van der Waals surface area contributed by atoms with Gasteiger partial charge in [-0.15, -0.1) is 0 Å². The standard InChI is InChI=1S/C24H34ClN3O3/c1-17(2)16-21(29)27-14-10-18(11-15-27)22(24(31)28-12-6-3-7-13-28)26-23(30)19-8-4-5-9-20(19)25/h4-5,8-9,17-18,22H,3,6-7,10-16H2,1-2H3,(H,26,30)/t22-/m0/s1. The number of piperidine rings is 2. The van der Waals surface area contributed by atoms with Gasteiger partial charge in [0.15, 0.2) is 0 Å². The molecule has 0 aromatic heterocycles. The Labute approximate surface area is 190 Å². The summed E-state index contributed by atoms with van der Waals surface area (Å²) in [7, 11) is 0. The minimum atomic E-state index is -0.593. The zero-order valence-electron chi connectivity index (χ0n) is 18.6. The molecule has 0 aliphatic carbocycles. The second kappa shape index (κ2) is 11.0. The highest BCUT2D eigenvalue weighted by Gasteiger charge is 2.36. The molecule has 0 unspecified atom stereocenters. The smallest absolute Gasteiger partial charge is 0.253 e. The summed E-state index contributed by atoms with van der Waals surface area (Å²) in [5, 5.41) is 3.37. The van der Waals surface area contributed by atoms with Crippen LogP contribution in [-0.2, 0) is 9.59 Å². The van der Waals surface area contributed by atoms with Crippen molar-refractivity contribution in [2.24, 2.45) is 11.8 Å². The van der Waals surface area contributed by atoms with E-state index in [2.05, 4.69) is 5.32 Å². The number of nitrogens with zero attached hydrogens (tertiary/aromatic N) is 2. The van der Waals surface area contributed by atoms with E-state index in [1.807, 2.05) is 23.6 Å². The summed E-state index contributed by atoms with van der Waals surface area (Å²) in [6.45, 7) is 6.82. The molecule has 1 aromatic carbocycles. The van der Waals surface area contributed by atoms with Gasteiger partial charge in [0.25, 0.3) is 5.91 Å². The van der Waals surface area contributed by atoms with Gasteiger partial charge in [-0.05, 0) is 56.1 Å². The van der Waals surface area contributed by atoms with Crippen LogP contribution in [0.5, 0.6) is 0 Å². The fourth-order valence-corrected chi connectivity index (χ4v) is 4.74. The molecule has 1 aromatic rings. The van der Waals surface area contributed by atoms with Crippen molar-refractivity contribution in [3.63, 3.8) is 0 Å². The van der Waals surface area contributed by atoms with Crippen molar-refractivity contribution in [3.8, 4) is 0 Å². The molecule has 1 N–H and O–H groups in total. The van der Waals surface area contributed by atoms with Gasteiger partial charge in [-0.2, -0.15) is 0 Å². The van der Waals surface area contributed by atoms with Crippen molar-refractivity contribution in [3.05, 3.63) is 34.9 Å². The van der Waals surface area contributed by atoms with E-state index < -0.39 is 6.04 Å². The molecule has 0 radical (unpaired) electrons. The van der Waals surface area contributed by atoms with Gasteiger partial charge < -0.3 is 15.1 Å². The molecule has 3 rings (SSSR count). The molecular weight excluding hydrogens is 414 g/mol. The number of likely N-dealkylation sites (tertiary alicyclic amines) is 2. The molecule has 2 saturated heterocycles. The molecule has 0 bridgehead atoms. The third-order valence-corrected chi connectivity index (χ3v) is 6.62. The largest absolute Gasteiger partial charge is 0.343 e. The Morgan fingerprint density at radius 3 is 2.26 bits per heavy atom. The lowest BCUT2D eigenvalue weighted by Gasteiger charge is -2.38. The predicted octanol–water partition coefficient (Wildman–Crippen LogP) is 3.74. The summed E-state index contributed by atoms with van der Waals surface area (Å²) in [5.74, 6) is 0.177. The maximum Gasteiger partial charge on any atom is 0.253 e. The first-order chi connectivity index (χ1) is 14.9. The van der Waals surface area contributed by atoms with Crippen LogP contribution in [0.25, 0.3) is 0 Å². The highest BCUT2D eigenvalue weighted by molar-refractivity contribution is 6.33. The number of carbonyl (C=O) groups is 3. The van der Waals surface area contributed by atoms with Crippen molar-refractivity contribution in [2.45, 2.75) is 58.4 Å². The number of carbonyl (C=O) groups excluding carboxylic acids is 3. The van der Waals surface area contributed by atoms with Crippen molar-refractivity contribution < 1.29 is 14.4 Å². The molecule has 2 aliphatic heterocycles. The third-order valence-electron chi connectivity index (χ3n) is 6.29. The molecular formula is C24H34ClN3O3. The average Bonchev–Trinajstić information content (AvgIpc) is 2.77. The minimum absolute atomic E-state index is 0.00367. The van der Waals surface area contributed by atoms with Gasteiger partial charge in [0.05, 0.1) is 10.6 Å². The van der Waals surface area contributed by atoms with Gasteiger partial charge in [-0.3, -0.25) is 14.4 Å². The van der Waals surface area contributed by atoms with Crippen LogP contribution in [0, 0.1) is 11.8 Å². The summed E-state index contributed by atoms with van der Waals surface area (Å²) in [6, 6.07) is 6.30. The van der Waals surface area contributed by atoms with Crippen LogP contribution in [-0.4, -0.2) is 59.7 Å². The van der Waals surface area contributed by atoms with Crippen molar-refractivity contribution >= 4 is 29.3 Å². The van der Waals surface area contributed by atoms with Gasteiger partial charge in [0.2, 0.25) is 11.8 Å². The number of halogens is 1. The Morgan fingerprint density at radius 2 is 1.65 bits per heavy atom. The van der Waals surface area contributed by atoms with Gasteiger partial charge >= 0.3 is 0 Å². The van der Waals surface area contributed by atoms with E-state index in [4.69, 9.17) is 11.6 Å². The van der Waals surface area contributed by atoms with Crippen LogP contribution in [0.1, 0.15) is 62.7 Å². The van der Waals surface area contributed by atoms with Crippen molar-refractivity contribution in [1.82, 2.24) is 15.1 Å². The van der Waals surface area contributed by atoms with Gasteiger partial charge in [-0.1, -0.05) is 37.6 Å². The second-order valence-corrected chi connectivity index (χ2v) is 9.54. The number of nitrogens with one attached hydrogen (secondary N) is 1.